The van der Waals surface area contributed by atoms with Gasteiger partial charge in [-0.1, -0.05) is 18.2 Å². The molecule has 0 N–H and O–H groups in total. The van der Waals surface area contributed by atoms with Gasteiger partial charge in [0.1, 0.15) is 17.4 Å². The van der Waals surface area contributed by atoms with Gasteiger partial charge in [0.15, 0.2) is 0 Å². The summed E-state index contributed by atoms with van der Waals surface area (Å²) in [5, 5.41) is 9.25. The molecule has 0 fully saturated rings. The lowest BCUT2D eigenvalue weighted by atomic mass is 10.1. The van der Waals surface area contributed by atoms with Crippen LogP contribution in [0.4, 0.5) is 0 Å². The van der Waals surface area contributed by atoms with Crippen molar-refractivity contribution in [3.05, 3.63) is 58.9 Å². The van der Waals surface area contributed by atoms with Gasteiger partial charge in [-0.2, -0.15) is 5.26 Å². The van der Waals surface area contributed by atoms with Crippen molar-refractivity contribution in [2.24, 2.45) is 0 Å². The number of alkyl halides is 1. The minimum Gasteiger partial charge on any atom is -0.295 e. The number of hydrogen-bond donors (Lipinski definition) is 0. The number of rotatable bonds is 2. The predicted octanol–water partition coefficient (Wildman–Crippen LogP) is 4.25. The highest BCUT2D eigenvalue weighted by Gasteiger charge is 2.15. The Labute approximate surface area is 128 Å². The quantitative estimate of drug-likeness (QED) is 0.663. The molecule has 1 aromatic heterocycles. The molecular weight excluding hydrogens is 282 g/mol. The van der Waals surface area contributed by atoms with Gasteiger partial charge < -0.3 is 0 Å². The number of aryl methyl sites for hydroxylation is 2. The molecule has 1 heterocycles. The first-order valence-corrected chi connectivity index (χ1v) is 7.23. The monoisotopic (exact) mass is 295 g/mol. The predicted molar refractivity (Wildman–Crippen MR) is 84.8 cm³/mol. The van der Waals surface area contributed by atoms with Crippen LogP contribution in [0.2, 0.25) is 0 Å². The highest BCUT2D eigenvalue weighted by atomic mass is 35.5. The number of hydrogen-bond acceptors (Lipinski definition) is 2. The molecule has 0 aliphatic rings. The van der Waals surface area contributed by atoms with E-state index in [4.69, 9.17) is 11.6 Å². The fourth-order valence-electron chi connectivity index (χ4n) is 2.56. The molecule has 0 atom stereocenters. The summed E-state index contributed by atoms with van der Waals surface area (Å²) < 4.78 is 2.05. The van der Waals surface area contributed by atoms with Crippen LogP contribution in [-0.2, 0) is 5.88 Å². The Balaban J connectivity index is 2.42. The minimum atomic E-state index is 0.299. The van der Waals surface area contributed by atoms with E-state index in [2.05, 4.69) is 43.1 Å². The molecule has 0 saturated heterocycles. The van der Waals surface area contributed by atoms with Crippen molar-refractivity contribution in [2.45, 2.75) is 19.7 Å². The maximum absolute atomic E-state index is 9.25. The number of benzene rings is 2. The molecule has 2 aromatic carbocycles. The van der Waals surface area contributed by atoms with Gasteiger partial charge >= 0.3 is 0 Å². The zero-order valence-electron chi connectivity index (χ0n) is 11.9. The summed E-state index contributed by atoms with van der Waals surface area (Å²) >= 11 is 6.07. The Kier molecular flexibility index (Phi) is 3.40. The van der Waals surface area contributed by atoms with Crippen molar-refractivity contribution in [1.29, 1.82) is 5.26 Å². The average molecular weight is 296 g/mol. The fraction of sp³-hybridized carbons (Fsp3) is 0.176. The molecule has 3 aromatic rings. The topological polar surface area (TPSA) is 41.6 Å². The number of nitriles is 1. The highest BCUT2D eigenvalue weighted by Crippen LogP contribution is 2.27. The lowest BCUT2D eigenvalue weighted by molar-refractivity contribution is 0.970. The molecule has 0 bridgehead atoms. The molecule has 4 heteroatoms. The van der Waals surface area contributed by atoms with Crippen LogP contribution in [0.25, 0.3) is 16.7 Å². The summed E-state index contributed by atoms with van der Waals surface area (Å²) in [5.41, 5.74) is 5.57. The summed E-state index contributed by atoms with van der Waals surface area (Å²) in [6.07, 6.45) is 0. The average Bonchev–Trinajstić information content (AvgIpc) is 2.88. The summed E-state index contributed by atoms with van der Waals surface area (Å²) in [6, 6.07) is 14.1. The van der Waals surface area contributed by atoms with Gasteiger partial charge in [0, 0.05) is 0 Å². The van der Waals surface area contributed by atoms with Crippen LogP contribution >= 0.6 is 11.6 Å². The molecule has 0 unspecified atom stereocenters. The number of fused-ring (bicyclic) bond motifs is 1. The second kappa shape index (κ2) is 5.23. The van der Waals surface area contributed by atoms with E-state index in [9.17, 15) is 5.26 Å². The minimum absolute atomic E-state index is 0.299. The van der Waals surface area contributed by atoms with Crippen molar-refractivity contribution in [3.63, 3.8) is 0 Å². The van der Waals surface area contributed by atoms with Gasteiger partial charge in [0.25, 0.3) is 0 Å². The van der Waals surface area contributed by atoms with Gasteiger partial charge in [-0.25, -0.2) is 4.98 Å². The zero-order chi connectivity index (χ0) is 15.0. The summed E-state index contributed by atoms with van der Waals surface area (Å²) in [7, 11) is 0. The Morgan fingerprint density at radius 2 is 2.05 bits per heavy atom. The molecule has 0 saturated carbocycles. The summed E-state index contributed by atoms with van der Waals surface area (Å²) in [5.74, 6) is 1.05. The smallest absolute Gasteiger partial charge is 0.129 e. The van der Waals surface area contributed by atoms with Gasteiger partial charge in [-0.05, 0) is 43.2 Å². The number of nitrogens with zero attached hydrogens (tertiary/aromatic N) is 3. The van der Waals surface area contributed by atoms with E-state index in [1.54, 1.807) is 6.07 Å². The number of imidazole rings is 1. The molecule has 21 heavy (non-hydrogen) atoms. The van der Waals surface area contributed by atoms with Gasteiger partial charge in [0.05, 0.1) is 22.6 Å². The second-order valence-electron chi connectivity index (χ2n) is 5.07. The second-order valence-corrected chi connectivity index (χ2v) is 5.34. The molecule has 0 spiro atoms. The van der Waals surface area contributed by atoms with Crippen LogP contribution in [0, 0.1) is 25.2 Å². The maximum atomic E-state index is 9.25. The van der Waals surface area contributed by atoms with Crippen LogP contribution in [0.15, 0.2) is 36.4 Å². The van der Waals surface area contributed by atoms with E-state index >= 15 is 0 Å². The van der Waals surface area contributed by atoms with E-state index in [-0.39, 0.29) is 0 Å². The summed E-state index contributed by atoms with van der Waals surface area (Å²) in [6.45, 7) is 4.12. The van der Waals surface area contributed by atoms with Crippen molar-refractivity contribution < 1.29 is 0 Å². The third kappa shape index (κ3) is 2.18. The van der Waals surface area contributed by atoms with E-state index < -0.39 is 0 Å². The van der Waals surface area contributed by atoms with Crippen molar-refractivity contribution in [1.82, 2.24) is 9.55 Å². The lowest BCUT2D eigenvalue weighted by Crippen LogP contribution is -2.02. The van der Waals surface area contributed by atoms with Crippen molar-refractivity contribution in [3.8, 4) is 11.8 Å². The molecule has 0 radical (unpaired) electrons. The highest BCUT2D eigenvalue weighted by molar-refractivity contribution is 6.17. The standard InChI is InChI=1S/C17H14ClN3/c1-11-6-7-12(2)15(8-11)21-14-5-3-4-13(10-19)17(14)20-16(21)9-18/h3-8H,9H2,1-2H3. The van der Waals surface area contributed by atoms with Crippen LogP contribution in [0.5, 0.6) is 0 Å². The van der Waals surface area contributed by atoms with Crippen LogP contribution in [0.3, 0.4) is 0 Å². The fourth-order valence-corrected chi connectivity index (χ4v) is 2.74. The van der Waals surface area contributed by atoms with Crippen molar-refractivity contribution >= 4 is 22.6 Å². The molecule has 3 rings (SSSR count). The van der Waals surface area contributed by atoms with Crippen LogP contribution in [0.1, 0.15) is 22.5 Å². The van der Waals surface area contributed by atoms with E-state index in [1.165, 1.54) is 5.56 Å². The van der Waals surface area contributed by atoms with Gasteiger partial charge in [-0.3, -0.25) is 4.57 Å². The number of para-hydroxylation sites is 1. The summed E-state index contributed by atoms with van der Waals surface area (Å²) in [4.78, 5) is 4.56. The third-order valence-electron chi connectivity index (χ3n) is 3.60. The van der Waals surface area contributed by atoms with Crippen molar-refractivity contribution in [2.75, 3.05) is 0 Å². The molecule has 0 aliphatic heterocycles. The number of aromatic nitrogens is 2. The largest absolute Gasteiger partial charge is 0.295 e. The SMILES string of the molecule is Cc1ccc(C)c(-n2c(CCl)nc3c(C#N)cccc32)c1. The molecular formula is C17H14ClN3. The normalized spacial score (nSPS) is 10.8. The molecule has 3 nitrogen and oxygen atoms in total. The Morgan fingerprint density at radius 1 is 1.24 bits per heavy atom. The molecule has 0 amide bonds. The van der Waals surface area contributed by atoms with Gasteiger partial charge in [0.2, 0.25) is 0 Å². The maximum Gasteiger partial charge on any atom is 0.129 e. The Morgan fingerprint density at radius 3 is 2.76 bits per heavy atom. The first kappa shape index (κ1) is 13.7. The van der Waals surface area contributed by atoms with Crippen LogP contribution in [-0.4, -0.2) is 9.55 Å². The first-order chi connectivity index (χ1) is 10.2. The van der Waals surface area contributed by atoms with Crippen LogP contribution < -0.4 is 0 Å². The van der Waals surface area contributed by atoms with E-state index in [0.29, 0.717) is 17.0 Å². The van der Waals surface area contributed by atoms with E-state index in [0.717, 1.165) is 22.6 Å². The third-order valence-corrected chi connectivity index (χ3v) is 3.84. The van der Waals surface area contributed by atoms with E-state index in [1.807, 2.05) is 16.7 Å². The molecule has 0 aliphatic carbocycles. The van der Waals surface area contributed by atoms with Gasteiger partial charge in [-0.15, -0.1) is 11.6 Å². The number of halogens is 1. The first-order valence-electron chi connectivity index (χ1n) is 6.69. The molecule has 104 valence electrons. The Bertz CT molecular complexity index is 872. The Hall–Kier alpha value is -2.31. The zero-order valence-corrected chi connectivity index (χ0v) is 12.6. The lowest BCUT2D eigenvalue weighted by Gasteiger charge is -2.12.